The van der Waals surface area contributed by atoms with Gasteiger partial charge in [0.2, 0.25) is 5.91 Å². The molecule has 0 saturated heterocycles. The molecule has 0 fully saturated rings. The van der Waals surface area contributed by atoms with Crippen molar-refractivity contribution in [3.8, 4) is 0 Å². The fourth-order valence-electron chi connectivity index (χ4n) is 0.291. The fraction of sp³-hybridized carbons (Fsp3) is 0.167. The van der Waals surface area contributed by atoms with Crippen LogP contribution in [0.2, 0.25) is 0 Å². The summed E-state index contributed by atoms with van der Waals surface area (Å²) in [5.74, 6) is -0.333. The lowest BCUT2D eigenvalue weighted by Crippen LogP contribution is -2.01. The second-order valence-electron chi connectivity index (χ2n) is 1.60. The third-order valence-corrected chi connectivity index (χ3v) is 1.39. The maximum Gasteiger partial charge on any atom is 0.214 e. The van der Waals surface area contributed by atoms with E-state index in [0.29, 0.717) is 0 Å². The van der Waals surface area contributed by atoms with E-state index in [1.54, 1.807) is 23.0 Å². The predicted octanol–water partition coefficient (Wildman–Crippen LogP) is 0.268. The number of hydrogen-bond acceptors (Lipinski definition) is 2. The van der Waals surface area contributed by atoms with Crippen molar-refractivity contribution in [1.82, 2.24) is 0 Å². The van der Waals surface area contributed by atoms with Crippen LogP contribution in [0.25, 0.3) is 0 Å². The number of nitrogens with two attached hydrogens (primary N) is 1. The van der Waals surface area contributed by atoms with E-state index < -0.39 is 10.8 Å². The van der Waals surface area contributed by atoms with Crippen LogP contribution in [0.4, 0.5) is 0 Å². The minimum Gasteiger partial charge on any atom is -0.370 e. The van der Waals surface area contributed by atoms with Gasteiger partial charge in [0, 0.05) is 17.7 Å². The van der Waals surface area contributed by atoms with Gasteiger partial charge in [-0.3, -0.25) is 9.00 Å². The Balaban J connectivity index is 0.000000180. The summed E-state index contributed by atoms with van der Waals surface area (Å²) < 4.78 is 10.2. The molecule has 10 heavy (non-hydrogen) atoms. The van der Waals surface area contributed by atoms with Crippen LogP contribution in [-0.2, 0) is 15.6 Å². The van der Waals surface area contributed by atoms with Gasteiger partial charge < -0.3 is 5.73 Å². The van der Waals surface area contributed by atoms with Gasteiger partial charge in [-0.2, -0.15) is 0 Å². The molecule has 2 N–H and O–H groups in total. The summed E-state index contributed by atoms with van der Waals surface area (Å²) in [6.45, 7) is 1.31. The highest BCUT2D eigenvalue weighted by Crippen LogP contribution is 1.95. The van der Waals surface area contributed by atoms with Crippen molar-refractivity contribution in [3.63, 3.8) is 0 Å². The Morgan fingerprint density at radius 1 is 1.40 bits per heavy atom. The van der Waals surface area contributed by atoms with Crippen LogP contribution in [0.5, 0.6) is 0 Å². The first kappa shape index (κ1) is 9.10. The smallest absolute Gasteiger partial charge is 0.214 e. The number of amides is 1. The Morgan fingerprint density at radius 2 is 1.70 bits per heavy atom. The van der Waals surface area contributed by atoms with E-state index in [4.69, 9.17) is 0 Å². The van der Waals surface area contributed by atoms with Crippen molar-refractivity contribution in [1.29, 1.82) is 0 Å². The monoisotopic (exact) mass is 159 g/mol. The molecule has 1 rings (SSSR count). The van der Waals surface area contributed by atoms with Crippen LogP contribution in [0.15, 0.2) is 23.0 Å². The second-order valence-corrected chi connectivity index (χ2v) is 2.80. The first-order chi connectivity index (χ1) is 4.63. The zero-order valence-corrected chi connectivity index (χ0v) is 6.43. The number of rotatable bonds is 0. The van der Waals surface area contributed by atoms with E-state index in [2.05, 4.69) is 5.73 Å². The molecule has 0 aromatic heterocycles. The fourth-order valence-corrected chi connectivity index (χ4v) is 0.873. The molecule has 0 aromatic rings. The summed E-state index contributed by atoms with van der Waals surface area (Å²) in [5.41, 5.74) is 4.47. The first-order valence-corrected chi connectivity index (χ1v) is 3.91. The second kappa shape index (κ2) is 4.93. The molecule has 3 nitrogen and oxygen atoms in total. The standard InChI is InChI=1S/C4H4OS.C2H5NO/c5-6-3-1-2-4-6;1-2(3)4/h1-4H;1H3,(H2,3,4). The number of carbonyl (C=O) groups excluding carboxylic acids is 1. The highest BCUT2D eigenvalue weighted by Gasteiger charge is 1.86. The largest absolute Gasteiger partial charge is 0.370 e. The van der Waals surface area contributed by atoms with Crippen LogP contribution in [0, 0.1) is 0 Å². The molecule has 4 heteroatoms. The predicted molar refractivity (Wildman–Crippen MR) is 41.3 cm³/mol. The van der Waals surface area contributed by atoms with Crippen molar-refractivity contribution in [2.75, 3.05) is 0 Å². The lowest BCUT2D eigenvalue weighted by atomic mass is 10.6. The van der Waals surface area contributed by atoms with Crippen molar-refractivity contribution in [3.05, 3.63) is 23.0 Å². The SMILES string of the molecule is CC(N)=O.O=S1C=CC=C1. The molecular formula is C6H9NO2S. The minimum atomic E-state index is -0.784. The first-order valence-electron chi connectivity index (χ1n) is 2.63. The van der Waals surface area contributed by atoms with E-state index in [9.17, 15) is 9.00 Å². The average molecular weight is 159 g/mol. The highest BCUT2D eigenvalue weighted by atomic mass is 32.2. The van der Waals surface area contributed by atoms with E-state index >= 15 is 0 Å². The normalized spacial score (nSPS) is 14.5. The van der Waals surface area contributed by atoms with Crippen LogP contribution in [0.1, 0.15) is 6.92 Å². The third-order valence-electron chi connectivity index (χ3n) is 0.536. The van der Waals surface area contributed by atoms with E-state index in [-0.39, 0.29) is 5.91 Å². The van der Waals surface area contributed by atoms with Gasteiger partial charge in [0.15, 0.2) is 0 Å². The topological polar surface area (TPSA) is 60.2 Å². The van der Waals surface area contributed by atoms with Crippen LogP contribution in [-0.4, -0.2) is 10.1 Å². The van der Waals surface area contributed by atoms with Crippen LogP contribution >= 0.6 is 0 Å². The number of hydrogen-bond donors (Lipinski definition) is 1. The maximum atomic E-state index is 10.2. The zero-order valence-electron chi connectivity index (χ0n) is 5.61. The van der Waals surface area contributed by atoms with E-state index in [0.717, 1.165) is 0 Å². The summed E-state index contributed by atoms with van der Waals surface area (Å²) >= 11 is 0. The lowest BCUT2D eigenvalue weighted by molar-refractivity contribution is -0.115. The minimum absolute atomic E-state index is 0.333. The summed E-state index contributed by atoms with van der Waals surface area (Å²) in [6, 6.07) is 0. The van der Waals surface area contributed by atoms with Gasteiger partial charge in [0.25, 0.3) is 0 Å². The van der Waals surface area contributed by atoms with Crippen molar-refractivity contribution in [2.45, 2.75) is 6.92 Å². The summed E-state index contributed by atoms with van der Waals surface area (Å²) in [7, 11) is -0.784. The third kappa shape index (κ3) is 7.10. The van der Waals surface area contributed by atoms with Gasteiger partial charge in [0.1, 0.15) is 0 Å². The van der Waals surface area contributed by atoms with E-state index in [1.165, 1.54) is 6.92 Å². The Labute approximate surface area is 62.1 Å². The van der Waals surface area contributed by atoms with Gasteiger partial charge in [-0.25, -0.2) is 0 Å². The van der Waals surface area contributed by atoms with Gasteiger partial charge in [0.05, 0.1) is 10.8 Å². The Bertz CT molecular complexity index is 178. The summed E-state index contributed by atoms with van der Waals surface area (Å²) in [5, 5.41) is 3.28. The Hall–Kier alpha value is -0.900. The molecule has 1 amide bonds. The number of carbonyl (C=O) groups is 1. The van der Waals surface area contributed by atoms with Gasteiger partial charge in [-0.05, 0) is 0 Å². The number of allylic oxidation sites excluding steroid dienone is 2. The molecular weight excluding hydrogens is 150 g/mol. The molecule has 56 valence electrons. The molecule has 1 aliphatic rings. The number of primary amides is 1. The van der Waals surface area contributed by atoms with Gasteiger partial charge in [-0.15, -0.1) is 0 Å². The molecule has 0 atom stereocenters. The van der Waals surface area contributed by atoms with Crippen molar-refractivity contribution < 1.29 is 9.00 Å². The lowest BCUT2D eigenvalue weighted by Gasteiger charge is -1.65. The molecule has 1 aliphatic heterocycles. The highest BCUT2D eigenvalue weighted by molar-refractivity contribution is 7.91. The van der Waals surface area contributed by atoms with Crippen molar-refractivity contribution >= 4 is 16.7 Å². The molecule has 0 aliphatic carbocycles. The molecule has 1 heterocycles. The maximum absolute atomic E-state index is 10.2. The summed E-state index contributed by atoms with van der Waals surface area (Å²) in [4.78, 5) is 9.22. The average Bonchev–Trinajstić information content (AvgIpc) is 2.15. The molecule has 0 spiro atoms. The quantitative estimate of drug-likeness (QED) is 0.551. The summed E-state index contributed by atoms with van der Waals surface area (Å²) in [6.07, 6.45) is 3.55. The zero-order chi connectivity index (χ0) is 7.98. The molecule has 0 bridgehead atoms. The molecule has 0 unspecified atom stereocenters. The molecule has 0 aromatic carbocycles. The van der Waals surface area contributed by atoms with Crippen LogP contribution in [0.3, 0.4) is 0 Å². The Kier molecular flexibility index (Phi) is 4.49. The Morgan fingerprint density at radius 3 is 1.80 bits per heavy atom. The van der Waals surface area contributed by atoms with Gasteiger partial charge in [-0.1, -0.05) is 12.2 Å². The van der Waals surface area contributed by atoms with E-state index in [1.807, 2.05) is 0 Å². The van der Waals surface area contributed by atoms with Crippen LogP contribution < -0.4 is 5.73 Å². The van der Waals surface area contributed by atoms with Gasteiger partial charge >= 0.3 is 0 Å². The molecule has 0 saturated carbocycles. The van der Waals surface area contributed by atoms with Crippen molar-refractivity contribution in [2.24, 2.45) is 5.73 Å². The molecule has 0 radical (unpaired) electrons.